The van der Waals surface area contributed by atoms with Gasteiger partial charge in [-0.1, -0.05) is 36.4 Å². The second kappa shape index (κ2) is 7.39. The zero-order chi connectivity index (χ0) is 18.8. The number of fused-ring (bicyclic) bond motifs is 2. The standard InChI is InChI=1S/C23H24N2O2/c1-3-27-23(26)22-16(2)18-11-5-6-12-19(18)24-20(22)15-25-14-8-10-17-9-4-7-13-21(17)25/h4-7,9,11-13H,3,8,10,14-15H2,1-2H3. The number of rotatable bonds is 4. The summed E-state index contributed by atoms with van der Waals surface area (Å²) in [5.74, 6) is -0.284. The van der Waals surface area contributed by atoms with Crippen LogP contribution in [0.25, 0.3) is 10.9 Å². The Morgan fingerprint density at radius 1 is 1.15 bits per heavy atom. The molecule has 2 aromatic carbocycles. The van der Waals surface area contributed by atoms with Crippen molar-refractivity contribution in [2.24, 2.45) is 0 Å². The van der Waals surface area contributed by atoms with Crippen molar-refractivity contribution in [1.29, 1.82) is 0 Å². The Hall–Kier alpha value is -2.88. The van der Waals surface area contributed by atoms with Gasteiger partial charge in [0.25, 0.3) is 0 Å². The molecule has 0 aliphatic carbocycles. The topological polar surface area (TPSA) is 42.4 Å². The number of hydrogen-bond donors (Lipinski definition) is 0. The van der Waals surface area contributed by atoms with Gasteiger partial charge in [-0.3, -0.25) is 4.98 Å². The second-order valence-corrected chi connectivity index (χ2v) is 6.95. The van der Waals surface area contributed by atoms with Crippen LogP contribution in [0.4, 0.5) is 5.69 Å². The van der Waals surface area contributed by atoms with Gasteiger partial charge in [0.05, 0.1) is 29.9 Å². The van der Waals surface area contributed by atoms with Crippen LogP contribution in [0.5, 0.6) is 0 Å². The van der Waals surface area contributed by atoms with Crippen molar-refractivity contribution in [2.45, 2.75) is 33.2 Å². The van der Waals surface area contributed by atoms with Crippen molar-refractivity contribution in [3.05, 3.63) is 70.9 Å². The van der Waals surface area contributed by atoms with Gasteiger partial charge in [-0.25, -0.2) is 4.79 Å². The number of anilines is 1. The summed E-state index contributed by atoms with van der Waals surface area (Å²) in [5, 5.41) is 1.00. The molecule has 2 heterocycles. The van der Waals surface area contributed by atoms with E-state index in [1.54, 1.807) is 0 Å². The average molecular weight is 360 g/mol. The van der Waals surface area contributed by atoms with E-state index >= 15 is 0 Å². The molecule has 1 aliphatic rings. The number of carbonyl (C=O) groups is 1. The molecule has 0 atom stereocenters. The number of carbonyl (C=O) groups excluding carboxylic acids is 1. The van der Waals surface area contributed by atoms with Gasteiger partial charge >= 0.3 is 5.97 Å². The highest BCUT2D eigenvalue weighted by Gasteiger charge is 2.23. The lowest BCUT2D eigenvalue weighted by Crippen LogP contribution is -2.30. The highest BCUT2D eigenvalue weighted by atomic mass is 16.5. The normalized spacial score (nSPS) is 13.5. The fourth-order valence-electron chi connectivity index (χ4n) is 3.99. The summed E-state index contributed by atoms with van der Waals surface area (Å²) in [5.41, 5.74) is 5.87. The first-order chi connectivity index (χ1) is 13.2. The van der Waals surface area contributed by atoms with E-state index in [4.69, 9.17) is 9.72 Å². The second-order valence-electron chi connectivity index (χ2n) is 6.95. The average Bonchev–Trinajstić information content (AvgIpc) is 2.69. The maximum atomic E-state index is 12.7. The Kier molecular flexibility index (Phi) is 4.80. The van der Waals surface area contributed by atoms with E-state index in [0.29, 0.717) is 18.7 Å². The lowest BCUT2D eigenvalue weighted by atomic mass is 9.99. The zero-order valence-corrected chi connectivity index (χ0v) is 15.9. The van der Waals surface area contributed by atoms with Gasteiger partial charge in [-0.15, -0.1) is 0 Å². The molecule has 0 fully saturated rings. The number of benzene rings is 2. The molecule has 0 N–H and O–H groups in total. The minimum atomic E-state index is -0.284. The first-order valence-corrected chi connectivity index (χ1v) is 9.57. The maximum Gasteiger partial charge on any atom is 0.340 e. The minimum absolute atomic E-state index is 0.284. The third-order valence-corrected chi connectivity index (χ3v) is 5.25. The summed E-state index contributed by atoms with van der Waals surface area (Å²) < 4.78 is 5.36. The molecule has 0 saturated heterocycles. The molecule has 4 rings (SSSR count). The summed E-state index contributed by atoms with van der Waals surface area (Å²) in [6.07, 6.45) is 2.21. The van der Waals surface area contributed by atoms with Crippen molar-refractivity contribution in [1.82, 2.24) is 4.98 Å². The molecule has 4 nitrogen and oxygen atoms in total. The third-order valence-electron chi connectivity index (χ3n) is 5.25. The van der Waals surface area contributed by atoms with Crippen LogP contribution in [-0.4, -0.2) is 24.1 Å². The molecule has 0 bridgehead atoms. The molecule has 27 heavy (non-hydrogen) atoms. The van der Waals surface area contributed by atoms with E-state index in [0.717, 1.165) is 41.5 Å². The molecule has 4 heteroatoms. The molecular formula is C23H24N2O2. The summed E-state index contributed by atoms with van der Waals surface area (Å²) in [4.78, 5) is 19.9. The lowest BCUT2D eigenvalue weighted by Gasteiger charge is -2.31. The van der Waals surface area contributed by atoms with E-state index in [1.807, 2.05) is 38.1 Å². The van der Waals surface area contributed by atoms with Gasteiger partial charge in [0, 0.05) is 17.6 Å². The molecule has 0 amide bonds. The Morgan fingerprint density at radius 3 is 2.78 bits per heavy atom. The minimum Gasteiger partial charge on any atom is -0.462 e. The van der Waals surface area contributed by atoms with Crippen LogP contribution in [-0.2, 0) is 17.7 Å². The number of hydrogen-bond acceptors (Lipinski definition) is 4. The summed E-state index contributed by atoms with van der Waals surface area (Å²) >= 11 is 0. The summed E-state index contributed by atoms with van der Waals surface area (Å²) in [6.45, 7) is 5.76. The molecular weight excluding hydrogens is 336 g/mol. The molecule has 0 radical (unpaired) electrons. The number of ether oxygens (including phenoxy) is 1. The van der Waals surface area contributed by atoms with Crippen molar-refractivity contribution in [2.75, 3.05) is 18.1 Å². The first kappa shape index (κ1) is 17.5. The molecule has 0 unspecified atom stereocenters. The van der Waals surface area contributed by atoms with E-state index in [1.165, 1.54) is 11.3 Å². The number of aromatic nitrogens is 1. The van der Waals surface area contributed by atoms with Crippen LogP contribution < -0.4 is 4.90 Å². The fourth-order valence-corrected chi connectivity index (χ4v) is 3.99. The van der Waals surface area contributed by atoms with E-state index in [2.05, 4.69) is 29.2 Å². The van der Waals surface area contributed by atoms with Crippen LogP contribution in [0.15, 0.2) is 48.5 Å². The highest BCUT2D eigenvalue weighted by molar-refractivity contribution is 5.98. The van der Waals surface area contributed by atoms with E-state index in [-0.39, 0.29) is 5.97 Å². The SMILES string of the molecule is CCOC(=O)c1c(CN2CCCc3ccccc32)nc2ccccc2c1C. The van der Waals surface area contributed by atoms with E-state index in [9.17, 15) is 4.79 Å². The predicted molar refractivity (Wildman–Crippen MR) is 108 cm³/mol. The molecule has 0 saturated carbocycles. The molecule has 3 aromatic rings. The van der Waals surface area contributed by atoms with Crippen LogP contribution >= 0.6 is 0 Å². The van der Waals surface area contributed by atoms with Gasteiger partial charge in [0.1, 0.15) is 0 Å². The monoisotopic (exact) mass is 360 g/mol. The van der Waals surface area contributed by atoms with Crippen molar-refractivity contribution < 1.29 is 9.53 Å². The summed E-state index contributed by atoms with van der Waals surface area (Å²) in [6, 6.07) is 16.5. The first-order valence-electron chi connectivity index (χ1n) is 9.57. The van der Waals surface area contributed by atoms with Gasteiger partial charge in [-0.2, -0.15) is 0 Å². The van der Waals surface area contributed by atoms with Gasteiger partial charge in [0.15, 0.2) is 0 Å². The van der Waals surface area contributed by atoms with Crippen LogP contribution in [0.3, 0.4) is 0 Å². The van der Waals surface area contributed by atoms with Crippen molar-refractivity contribution >= 4 is 22.6 Å². The lowest BCUT2D eigenvalue weighted by molar-refractivity contribution is 0.0524. The largest absolute Gasteiger partial charge is 0.462 e. The molecule has 138 valence electrons. The number of para-hydroxylation sites is 2. The summed E-state index contributed by atoms with van der Waals surface area (Å²) in [7, 11) is 0. The van der Waals surface area contributed by atoms with Crippen molar-refractivity contribution in [3.8, 4) is 0 Å². The molecule has 0 spiro atoms. The number of nitrogens with zero attached hydrogens (tertiary/aromatic N) is 2. The molecule has 1 aliphatic heterocycles. The number of aryl methyl sites for hydroxylation is 2. The fraction of sp³-hybridized carbons (Fsp3) is 0.304. The third kappa shape index (κ3) is 3.27. The highest BCUT2D eigenvalue weighted by Crippen LogP contribution is 2.30. The predicted octanol–water partition coefficient (Wildman–Crippen LogP) is 4.67. The van der Waals surface area contributed by atoms with Crippen molar-refractivity contribution in [3.63, 3.8) is 0 Å². The van der Waals surface area contributed by atoms with Crippen LogP contribution in [0.2, 0.25) is 0 Å². The quantitative estimate of drug-likeness (QED) is 0.634. The Balaban J connectivity index is 1.81. The van der Waals surface area contributed by atoms with Gasteiger partial charge in [0.2, 0.25) is 0 Å². The number of esters is 1. The van der Waals surface area contributed by atoms with Crippen LogP contribution in [0.1, 0.15) is 40.5 Å². The zero-order valence-electron chi connectivity index (χ0n) is 15.9. The number of pyridine rings is 1. The van der Waals surface area contributed by atoms with Gasteiger partial charge in [-0.05, 0) is 49.9 Å². The maximum absolute atomic E-state index is 12.7. The smallest absolute Gasteiger partial charge is 0.340 e. The Labute approximate surface area is 159 Å². The Bertz CT molecular complexity index is 997. The van der Waals surface area contributed by atoms with Gasteiger partial charge < -0.3 is 9.64 Å². The van der Waals surface area contributed by atoms with E-state index < -0.39 is 0 Å². The van der Waals surface area contributed by atoms with Crippen LogP contribution in [0, 0.1) is 6.92 Å². The molecule has 1 aromatic heterocycles. The Morgan fingerprint density at radius 2 is 1.93 bits per heavy atom.